The van der Waals surface area contributed by atoms with Crippen LogP contribution in [0, 0.1) is 12.7 Å². The highest BCUT2D eigenvalue weighted by Gasteiger charge is 2.24. The Morgan fingerprint density at radius 2 is 1.75 bits per heavy atom. The quantitative estimate of drug-likeness (QED) is 0.529. The highest BCUT2D eigenvalue weighted by molar-refractivity contribution is 6.02. The van der Waals surface area contributed by atoms with Gasteiger partial charge in [0.05, 0.1) is 0 Å². The van der Waals surface area contributed by atoms with Crippen molar-refractivity contribution >= 4 is 22.7 Å². The van der Waals surface area contributed by atoms with Gasteiger partial charge in [0.1, 0.15) is 11.4 Å². The van der Waals surface area contributed by atoms with Crippen molar-refractivity contribution in [3.8, 4) is 0 Å². The number of para-hydroxylation sites is 1. The lowest BCUT2D eigenvalue weighted by molar-refractivity contribution is 0.0290. The number of benzene rings is 2. The summed E-state index contributed by atoms with van der Waals surface area (Å²) >= 11 is 0. The summed E-state index contributed by atoms with van der Waals surface area (Å²) in [6, 6.07) is 12.3. The molecule has 2 aromatic carbocycles. The van der Waals surface area contributed by atoms with Gasteiger partial charge >= 0.3 is 5.97 Å². The molecule has 1 aromatic heterocycles. The fraction of sp³-hybridized carbons (Fsp3) is 0.158. The molecule has 4 nitrogen and oxygen atoms in total. The summed E-state index contributed by atoms with van der Waals surface area (Å²) in [5.41, 5.74) is 1.52. The predicted molar refractivity (Wildman–Crippen MR) is 86.6 cm³/mol. The Hall–Kier alpha value is -2.95. The summed E-state index contributed by atoms with van der Waals surface area (Å²) in [5, 5.41) is 0.821. The van der Waals surface area contributed by atoms with Gasteiger partial charge in [-0.25, -0.2) is 9.18 Å². The zero-order valence-electron chi connectivity index (χ0n) is 13.2. The summed E-state index contributed by atoms with van der Waals surface area (Å²) in [4.78, 5) is 24.6. The predicted octanol–water partition coefficient (Wildman–Crippen LogP) is 4.31. The Morgan fingerprint density at radius 1 is 1.08 bits per heavy atom. The van der Waals surface area contributed by atoms with Crippen LogP contribution in [0.1, 0.15) is 33.4 Å². The molecule has 24 heavy (non-hydrogen) atoms. The Bertz CT molecular complexity index is 909. The van der Waals surface area contributed by atoms with Gasteiger partial charge in [0.15, 0.2) is 6.10 Å². The average molecular weight is 326 g/mol. The summed E-state index contributed by atoms with van der Waals surface area (Å²) in [5.74, 6) is -1.46. The SMILES string of the molecule is Cc1c(C(=O)O[C@@H](C)C(=O)c2ccc(F)cc2)oc2ccccc12. The Balaban J connectivity index is 1.79. The number of ketones is 1. The van der Waals surface area contributed by atoms with Crippen LogP contribution in [0.4, 0.5) is 4.39 Å². The lowest BCUT2D eigenvalue weighted by atomic mass is 10.1. The Labute approximate surface area is 137 Å². The topological polar surface area (TPSA) is 56.5 Å². The third-order valence-electron chi connectivity index (χ3n) is 3.81. The van der Waals surface area contributed by atoms with Crippen LogP contribution in [0.25, 0.3) is 11.0 Å². The fourth-order valence-corrected chi connectivity index (χ4v) is 2.49. The second-order valence-corrected chi connectivity index (χ2v) is 5.47. The summed E-state index contributed by atoms with van der Waals surface area (Å²) in [7, 11) is 0. The maximum atomic E-state index is 12.9. The zero-order chi connectivity index (χ0) is 17.3. The van der Waals surface area contributed by atoms with E-state index in [1.165, 1.54) is 31.2 Å². The van der Waals surface area contributed by atoms with Crippen LogP contribution >= 0.6 is 0 Å². The minimum Gasteiger partial charge on any atom is -0.449 e. The number of hydrogen-bond acceptors (Lipinski definition) is 4. The van der Waals surface area contributed by atoms with Crippen LogP contribution in [0.15, 0.2) is 52.9 Å². The first-order valence-corrected chi connectivity index (χ1v) is 7.46. The van der Waals surface area contributed by atoms with E-state index in [0.29, 0.717) is 11.1 Å². The van der Waals surface area contributed by atoms with Crippen LogP contribution in [0.3, 0.4) is 0 Å². The van der Waals surface area contributed by atoms with Gasteiger partial charge in [-0.1, -0.05) is 18.2 Å². The van der Waals surface area contributed by atoms with E-state index in [0.717, 1.165) is 5.39 Å². The molecule has 5 heteroatoms. The molecule has 122 valence electrons. The molecular weight excluding hydrogens is 311 g/mol. The molecule has 0 saturated heterocycles. The molecule has 0 unspecified atom stereocenters. The van der Waals surface area contributed by atoms with Crippen molar-refractivity contribution < 1.29 is 23.1 Å². The highest BCUT2D eigenvalue weighted by Crippen LogP contribution is 2.25. The molecule has 3 rings (SSSR count). The first kappa shape index (κ1) is 15.9. The minimum atomic E-state index is -1.00. The van der Waals surface area contributed by atoms with E-state index in [9.17, 15) is 14.0 Å². The van der Waals surface area contributed by atoms with Crippen LogP contribution in [0.2, 0.25) is 0 Å². The summed E-state index contributed by atoms with van der Waals surface area (Å²) < 4.78 is 23.7. The van der Waals surface area contributed by atoms with E-state index < -0.39 is 23.7 Å². The van der Waals surface area contributed by atoms with Gasteiger partial charge in [-0.2, -0.15) is 0 Å². The summed E-state index contributed by atoms with van der Waals surface area (Å²) in [6.45, 7) is 3.23. The lowest BCUT2D eigenvalue weighted by Gasteiger charge is -2.11. The van der Waals surface area contributed by atoms with Crippen LogP contribution in [-0.2, 0) is 4.74 Å². The van der Waals surface area contributed by atoms with E-state index >= 15 is 0 Å². The number of halogens is 1. The molecule has 0 radical (unpaired) electrons. The zero-order valence-corrected chi connectivity index (χ0v) is 13.2. The molecule has 0 saturated carbocycles. The largest absolute Gasteiger partial charge is 0.449 e. The molecule has 0 aliphatic heterocycles. The maximum Gasteiger partial charge on any atom is 0.375 e. The number of ether oxygens (including phenoxy) is 1. The molecule has 0 amide bonds. The smallest absolute Gasteiger partial charge is 0.375 e. The van der Waals surface area contributed by atoms with E-state index in [1.807, 2.05) is 12.1 Å². The number of furan rings is 1. The standard InChI is InChI=1S/C19H15FO4/c1-11-15-5-3-4-6-16(15)24-18(11)19(22)23-12(2)17(21)13-7-9-14(20)10-8-13/h3-10,12H,1-2H3/t12-/m0/s1. The Kier molecular flexibility index (Phi) is 4.16. The summed E-state index contributed by atoms with van der Waals surface area (Å²) in [6.07, 6.45) is -1.00. The molecular formula is C19H15FO4. The molecule has 0 bridgehead atoms. The normalized spacial score (nSPS) is 12.1. The maximum absolute atomic E-state index is 12.9. The molecule has 0 aliphatic rings. The number of carbonyl (C=O) groups is 2. The first-order chi connectivity index (χ1) is 11.5. The van der Waals surface area contributed by atoms with Gasteiger partial charge in [0.25, 0.3) is 0 Å². The van der Waals surface area contributed by atoms with Crippen LogP contribution in [0.5, 0.6) is 0 Å². The number of Topliss-reactive ketones (excluding diaryl/α,β-unsaturated/α-hetero) is 1. The van der Waals surface area contributed by atoms with E-state index in [1.54, 1.807) is 19.1 Å². The van der Waals surface area contributed by atoms with Crippen LogP contribution < -0.4 is 0 Å². The fourth-order valence-electron chi connectivity index (χ4n) is 2.49. The molecule has 0 spiro atoms. The minimum absolute atomic E-state index is 0.0787. The van der Waals surface area contributed by atoms with Gasteiger partial charge in [0, 0.05) is 16.5 Å². The van der Waals surface area contributed by atoms with Gasteiger partial charge in [-0.05, 0) is 44.2 Å². The van der Waals surface area contributed by atoms with Crippen molar-refractivity contribution in [1.29, 1.82) is 0 Å². The molecule has 0 N–H and O–H groups in total. The van der Waals surface area contributed by atoms with Gasteiger partial charge in [-0.15, -0.1) is 0 Å². The second kappa shape index (κ2) is 6.28. The number of hydrogen-bond donors (Lipinski definition) is 0. The molecule has 1 heterocycles. The van der Waals surface area contributed by atoms with Gasteiger partial charge < -0.3 is 9.15 Å². The number of esters is 1. The van der Waals surface area contributed by atoms with Crippen molar-refractivity contribution in [3.05, 3.63) is 71.2 Å². The molecule has 1 atom stereocenters. The van der Waals surface area contributed by atoms with Crippen molar-refractivity contribution in [1.82, 2.24) is 0 Å². The third-order valence-corrected chi connectivity index (χ3v) is 3.81. The number of carbonyl (C=O) groups excluding carboxylic acids is 2. The molecule has 3 aromatic rings. The highest BCUT2D eigenvalue weighted by atomic mass is 19.1. The van der Waals surface area contributed by atoms with Crippen LogP contribution in [-0.4, -0.2) is 17.9 Å². The number of rotatable bonds is 4. The molecule has 0 fully saturated rings. The number of fused-ring (bicyclic) bond motifs is 1. The number of aryl methyl sites for hydroxylation is 1. The third kappa shape index (κ3) is 2.93. The monoisotopic (exact) mass is 326 g/mol. The van der Waals surface area contributed by atoms with Gasteiger partial charge in [-0.3, -0.25) is 4.79 Å². The average Bonchev–Trinajstić information content (AvgIpc) is 2.92. The van der Waals surface area contributed by atoms with Crippen molar-refractivity contribution in [2.45, 2.75) is 20.0 Å². The van der Waals surface area contributed by atoms with Crippen molar-refractivity contribution in [3.63, 3.8) is 0 Å². The van der Waals surface area contributed by atoms with Crippen molar-refractivity contribution in [2.75, 3.05) is 0 Å². The Morgan fingerprint density at radius 3 is 2.42 bits per heavy atom. The van der Waals surface area contributed by atoms with Crippen molar-refractivity contribution in [2.24, 2.45) is 0 Å². The van der Waals surface area contributed by atoms with E-state index in [-0.39, 0.29) is 11.3 Å². The van der Waals surface area contributed by atoms with Gasteiger partial charge in [0.2, 0.25) is 11.5 Å². The second-order valence-electron chi connectivity index (χ2n) is 5.47. The molecule has 0 aliphatic carbocycles. The van der Waals surface area contributed by atoms with E-state index in [4.69, 9.17) is 9.15 Å². The first-order valence-electron chi connectivity index (χ1n) is 7.46. The lowest BCUT2D eigenvalue weighted by Crippen LogP contribution is -2.24. The van der Waals surface area contributed by atoms with E-state index in [2.05, 4.69) is 0 Å².